The fourth-order valence-corrected chi connectivity index (χ4v) is 8.85. The molecule has 0 saturated heterocycles. The first-order valence-corrected chi connectivity index (χ1v) is 17.5. The van der Waals surface area contributed by atoms with Gasteiger partial charge in [-0.1, -0.05) is 127 Å². The number of rotatable bonds is 3. The van der Waals surface area contributed by atoms with Crippen molar-refractivity contribution in [2.75, 3.05) is 0 Å². The molecule has 5 heteroatoms. The SMILES string of the molecule is c1ccc2c(c1)ccc1ccc3c(-c4nc(-c5cccc6oc7ccccc7c56)nc(-c5cccc6sc7ccccc7c56)n4)cccc3c12. The molecule has 0 aliphatic carbocycles. The molecule has 8 aromatic carbocycles. The van der Waals surface area contributed by atoms with E-state index >= 15 is 0 Å². The smallest absolute Gasteiger partial charge is 0.164 e. The van der Waals surface area contributed by atoms with E-state index in [2.05, 4.69) is 121 Å². The predicted octanol–water partition coefficient (Wildman–Crippen LogP) is 12.6. The molecular formula is C45H25N3OS. The van der Waals surface area contributed by atoms with Gasteiger partial charge in [0, 0.05) is 47.6 Å². The topological polar surface area (TPSA) is 51.8 Å². The summed E-state index contributed by atoms with van der Waals surface area (Å²) in [7, 11) is 0. The fourth-order valence-electron chi connectivity index (χ4n) is 7.72. The van der Waals surface area contributed by atoms with Crippen LogP contribution >= 0.6 is 11.3 Å². The third-order valence-electron chi connectivity index (χ3n) is 9.93. The van der Waals surface area contributed by atoms with Gasteiger partial charge in [-0.15, -0.1) is 11.3 Å². The van der Waals surface area contributed by atoms with Crippen LogP contribution in [0.1, 0.15) is 0 Å². The van der Waals surface area contributed by atoms with Crippen LogP contribution < -0.4 is 0 Å². The molecule has 11 aromatic rings. The van der Waals surface area contributed by atoms with Crippen molar-refractivity contribution in [1.29, 1.82) is 0 Å². The lowest BCUT2D eigenvalue weighted by Crippen LogP contribution is -2.01. The Kier molecular flexibility index (Phi) is 5.80. The summed E-state index contributed by atoms with van der Waals surface area (Å²) >= 11 is 1.80. The Morgan fingerprint density at radius 1 is 0.340 bits per heavy atom. The van der Waals surface area contributed by atoms with Crippen molar-refractivity contribution in [2.45, 2.75) is 0 Å². The molecule has 0 N–H and O–H groups in total. The molecule has 232 valence electrons. The van der Waals surface area contributed by atoms with Crippen molar-refractivity contribution >= 4 is 85.8 Å². The first-order chi connectivity index (χ1) is 24.8. The molecule has 0 saturated carbocycles. The maximum Gasteiger partial charge on any atom is 0.164 e. The summed E-state index contributed by atoms with van der Waals surface area (Å²) in [6, 6.07) is 53.2. The molecule has 4 nitrogen and oxygen atoms in total. The van der Waals surface area contributed by atoms with E-state index in [4.69, 9.17) is 19.4 Å². The average Bonchev–Trinajstić information content (AvgIpc) is 3.76. The van der Waals surface area contributed by atoms with Gasteiger partial charge in [0.2, 0.25) is 0 Å². The van der Waals surface area contributed by atoms with Crippen molar-refractivity contribution in [3.63, 3.8) is 0 Å². The third kappa shape index (κ3) is 4.01. The molecule has 0 bridgehead atoms. The number of para-hydroxylation sites is 1. The van der Waals surface area contributed by atoms with Crippen molar-refractivity contribution in [3.05, 3.63) is 152 Å². The normalized spacial score (nSPS) is 12.0. The van der Waals surface area contributed by atoms with Gasteiger partial charge >= 0.3 is 0 Å². The number of nitrogens with zero attached hydrogens (tertiary/aromatic N) is 3. The Bertz CT molecular complexity index is 3040. The van der Waals surface area contributed by atoms with Gasteiger partial charge in [-0.25, -0.2) is 15.0 Å². The minimum Gasteiger partial charge on any atom is -0.456 e. The number of benzene rings is 8. The van der Waals surface area contributed by atoms with Crippen LogP contribution in [0.5, 0.6) is 0 Å². The Morgan fingerprint density at radius 2 is 0.920 bits per heavy atom. The van der Waals surface area contributed by atoms with Crippen LogP contribution in [0.15, 0.2) is 156 Å². The van der Waals surface area contributed by atoms with Crippen LogP contribution in [-0.4, -0.2) is 15.0 Å². The van der Waals surface area contributed by atoms with E-state index in [0.29, 0.717) is 17.5 Å². The van der Waals surface area contributed by atoms with Gasteiger partial charge < -0.3 is 4.42 Å². The number of thiophene rings is 1. The zero-order valence-corrected chi connectivity index (χ0v) is 27.4. The van der Waals surface area contributed by atoms with Crippen LogP contribution in [0.25, 0.3) is 109 Å². The lowest BCUT2D eigenvalue weighted by Gasteiger charge is -2.13. The Labute approximate surface area is 289 Å². The second-order valence-corrected chi connectivity index (χ2v) is 13.8. The van der Waals surface area contributed by atoms with Crippen molar-refractivity contribution in [3.8, 4) is 34.2 Å². The van der Waals surface area contributed by atoms with E-state index in [-0.39, 0.29) is 0 Å². The van der Waals surface area contributed by atoms with E-state index in [1.165, 1.54) is 47.1 Å². The second-order valence-electron chi connectivity index (χ2n) is 12.7. The summed E-state index contributed by atoms with van der Waals surface area (Å²) < 4.78 is 8.75. The van der Waals surface area contributed by atoms with Crippen LogP contribution in [0.2, 0.25) is 0 Å². The Morgan fingerprint density at radius 3 is 1.80 bits per heavy atom. The Balaban J connectivity index is 1.24. The monoisotopic (exact) mass is 655 g/mol. The molecule has 0 atom stereocenters. The zero-order chi connectivity index (χ0) is 32.8. The fraction of sp³-hybridized carbons (Fsp3) is 0. The van der Waals surface area contributed by atoms with Gasteiger partial charge in [-0.3, -0.25) is 0 Å². The van der Waals surface area contributed by atoms with Gasteiger partial charge in [0.15, 0.2) is 17.5 Å². The predicted molar refractivity (Wildman–Crippen MR) is 209 cm³/mol. The van der Waals surface area contributed by atoms with E-state index in [0.717, 1.165) is 44.0 Å². The largest absolute Gasteiger partial charge is 0.456 e. The number of hydrogen-bond donors (Lipinski definition) is 0. The lowest BCUT2D eigenvalue weighted by molar-refractivity contribution is 0.669. The summed E-state index contributed by atoms with van der Waals surface area (Å²) in [6.45, 7) is 0. The summed E-state index contributed by atoms with van der Waals surface area (Å²) in [4.78, 5) is 15.9. The molecule has 11 rings (SSSR count). The summed E-state index contributed by atoms with van der Waals surface area (Å²) in [5, 5.41) is 11.6. The molecule has 0 aliphatic heterocycles. The molecule has 0 fully saturated rings. The number of fused-ring (bicyclic) bond motifs is 11. The van der Waals surface area contributed by atoms with Crippen molar-refractivity contribution < 1.29 is 4.42 Å². The van der Waals surface area contributed by atoms with Gasteiger partial charge in [0.25, 0.3) is 0 Å². The highest BCUT2D eigenvalue weighted by Gasteiger charge is 2.21. The van der Waals surface area contributed by atoms with E-state index in [1.807, 2.05) is 30.3 Å². The van der Waals surface area contributed by atoms with Gasteiger partial charge in [0.1, 0.15) is 11.2 Å². The third-order valence-corrected chi connectivity index (χ3v) is 11.1. The highest BCUT2D eigenvalue weighted by atomic mass is 32.1. The van der Waals surface area contributed by atoms with Crippen LogP contribution in [0, 0.1) is 0 Å². The van der Waals surface area contributed by atoms with Gasteiger partial charge in [-0.2, -0.15) is 0 Å². The molecule has 0 radical (unpaired) electrons. The number of furan rings is 1. The van der Waals surface area contributed by atoms with Gasteiger partial charge in [-0.05, 0) is 56.6 Å². The molecule has 3 heterocycles. The quantitative estimate of drug-likeness (QED) is 0.178. The average molecular weight is 656 g/mol. The van der Waals surface area contributed by atoms with E-state index in [9.17, 15) is 0 Å². The molecule has 0 unspecified atom stereocenters. The summed E-state index contributed by atoms with van der Waals surface area (Å²) in [5.41, 5.74) is 4.52. The highest BCUT2D eigenvalue weighted by Crippen LogP contribution is 2.42. The van der Waals surface area contributed by atoms with Crippen LogP contribution in [0.3, 0.4) is 0 Å². The maximum absolute atomic E-state index is 6.30. The molecule has 3 aromatic heterocycles. The minimum atomic E-state index is 0.613. The van der Waals surface area contributed by atoms with E-state index in [1.54, 1.807) is 11.3 Å². The number of hydrogen-bond acceptors (Lipinski definition) is 5. The van der Waals surface area contributed by atoms with Crippen LogP contribution in [-0.2, 0) is 0 Å². The molecule has 0 spiro atoms. The number of aromatic nitrogens is 3. The molecular weight excluding hydrogens is 631 g/mol. The van der Waals surface area contributed by atoms with Gasteiger partial charge in [0.05, 0.1) is 0 Å². The van der Waals surface area contributed by atoms with Crippen molar-refractivity contribution in [2.24, 2.45) is 0 Å². The zero-order valence-electron chi connectivity index (χ0n) is 26.6. The van der Waals surface area contributed by atoms with Crippen molar-refractivity contribution in [1.82, 2.24) is 15.0 Å². The molecule has 0 amide bonds. The first kappa shape index (κ1) is 27.5. The second kappa shape index (κ2) is 10.5. The molecule has 0 aliphatic rings. The summed E-state index contributed by atoms with van der Waals surface area (Å²) in [5.74, 6) is 1.89. The van der Waals surface area contributed by atoms with E-state index < -0.39 is 0 Å². The molecule has 50 heavy (non-hydrogen) atoms. The highest BCUT2D eigenvalue weighted by molar-refractivity contribution is 7.25. The minimum absolute atomic E-state index is 0.613. The van der Waals surface area contributed by atoms with Crippen LogP contribution in [0.4, 0.5) is 0 Å². The Hall–Kier alpha value is -6.43. The standard InChI is InChI=1S/C45H25N3OS/c1-2-11-28-26(10-1)22-23-27-24-25-29-30(40(27)28)14-7-15-31(29)43-46-44(34-16-8-19-37-41(34)32-12-3-5-18-36(32)49-37)48-45(47-43)35-17-9-21-39-42(35)33-13-4-6-20-38(33)50-39/h1-25H. The summed E-state index contributed by atoms with van der Waals surface area (Å²) in [6.07, 6.45) is 0. The first-order valence-electron chi connectivity index (χ1n) is 16.7. The lowest BCUT2D eigenvalue weighted by atomic mass is 9.94. The maximum atomic E-state index is 6.30.